The molecular weight excluding hydrogens is 272 g/mol. The molecule has 2 nitrogen and oxygen atoms in total. The van der Waals surface area contributed by atoms with E-state index in [4.69, 9.17) is 4.74 Å². The minimum Gasteiger partial charge on any atom is -0.427 e. The van der Waals surface area contributed by atoms with Gasteiger partial charge in [-0.1, -0.05) is 19.1 Å². The molecule has 115 valence electrons. The van der Waals surface area contributed by atoms with Crippen LogP contribution in [-0.4, -0.2) is 5.97 Å². The standard InChI is InChI=1S/C20H23O2/c1-13(21)22-15-6-8-16-14(12-15)5-7-18-17(16)9-11-20(2)10-3-4-19(18)20/h3,6,8,12,17-19H,4-5,7,9,11H2,1-2H3/t17-,18-,19+,20+/m1/s1. The zero-order valence-corrected chi connectivity index (χ0v) is 13.4. The Morgan fingerprint density at radius 3 is 3.05 bits per heavy atom. The molecule has 4 atom stereocenters. The molecule has 22 heavy (non-hydrogen) atoms. The molecule has 0 N–H and O–H groups in total. The Morgan fingerprint density at radius 2 is 2.23 bits per heavy atom. The fraction of sp³-hybridized carbons (Fsp3) is 0.550. The molecule has 1 aromatic rings. The van der Waals surface area contributed by atoms with Crippen molar-refractivity contribution in [2.24, 2.45) is 17.3 Å². The highest BCUT2D eigenvalue weighted by Gasteiger charge is 2.48. The molecule has 0 spiro atoms. The van der Waals surface area contributed by atoms with Crippen molar-refractivity contribution < 1.29 is 9.53 Å². The van der Waals surface area contributed by atoms with Gasteiger partial charge in [0.25, 0.3) is 0 Å². The largest absolute Gasteiger partial charge is 0.427 e. The predicted molar refractivity (Wildman–Crippen MR) is 85.6 cm³/mol. The van der Waals surface area contributed by atoms with Crippen LogP contribution in [0.3, 0.4) is 0 Å². The van der Waals surface area contributed by atoms with Crippen LogP contribution >= 0.6 is 0 Å². The monoisotopic (exact) mass is 295 g/mol. The smallest absolute Gasteiger partial charge is 0.308 e. The second-order valence-corrected chi connectivity index (χ2v) is 7.41. The number of rotatable bonds is 1. The van der Waals surface area contributed by atoms with Crippen LogP contribution < -0.4 is 4.74 Å². The number of hydrogen-bond donors (Lipinski definition) is 0. The fourth-order valence-electron chi connectivity index (χ4n) is 5.14. The number of carbonyl (C=O) groups excluding carboxylic acids is 1. The third kappa shape index (κ3) is 2.12. The molecule has 1 saturated carbocycles. The zero-order chi connectivity index (χ0) is 15.3. The fourth-order valence-corrected chi connectivity index (χ4v) is 5.14. The second-order valence-electron chi connectivity index (χ2n) is 7.41. The Hall–Kier alpha value is -1.57. The molecule has 0 amide bonds. The molecule has 0 unspecified atom stereocenters. The van der Waals surface area contributed by atoms with Crippen LogP contribution in [-0.2, 0) is 11.2 Å². The zero-order valence-electron chi connectivity index (χ0n) is 13.4. The molecule has 2 heteroatoms. The summed E-state index contributed by atoms with van der Waals surface area (Å²) in [5.41, 5.74) is 3.20. The molecule has 0 heterocycles. The summed E-state index contributed by atoms with van der Waals surface area (Å²) in [6.45, 7) is 3.86. The van der Waals surface area contributed by atoms with Crippen molar-refractivity contribution in [2.75, 3.05) is 0 Å². The summed E-state index contributed by atoms with van der Waals surface area (Å²) in [4.78, 5) is 11.1. The summed E-state index contributed by atoms with van der Waals surface area (Å²) in [6.07, 6.45) is 12.0. The van der Waals surface area contributed by atoms with Gasteiger partial charge in [-0.05, 0) is 84.6 Å². The maximum atomic E-state index is 11.1. The number of carbonyl (C=O) groups is 1. The minimum atomic E-state index is -0.241. The van der Waals surface area contributed by atoms with Gasteiger partial charge in [-0.25, -0.2) is 0 Å². The molecule has 1 aromatic carbocycles. The van der Waals surface area contributed by atoms with Crippen molar-refractivity contribution in [3.8, 4) is 5.75 Å². The van der Waals surface area contributed by atoms with Gasteiger partial charge in [0.05, 0.1) is 0 Å². The van der Waals surface area contributed by atoms with Gasteiger partial charge in [-0.2, -0.15) is 0 Å². The number of benzene rings is 1. The van der Waals surface area contributed by atoms with Crippen LogP contribution in [0.1, 0.15) is 56.6 Å². The lowest BCUT2D eigenvalue weighted by molar-refractivity contribution is -0.131. The van der Waals surface area contributed by atoms with Crippen LogP contribution in [0.4, 0.5) is 0 Å². The summed E-state index contributed by atoms with van der Waals surface area (Å²) in [7, 11) is 0. The van der Waals surface area contributed by atoms with Crippen molar-refractivity contribution in [3.63, 3.8) is 0 Å². The molecular formula is C20H23O2. The van der Waals surface area contributed by atoms with Gasteiger partial charge in [-0.15, -0.1) is 0 Å². The highest BCUT2D eigenvalue weighted by molar-refractivity contribution is 5.69. The third-order valence-electron chi connectivity index (χ3n) is 6.15. The van der Waals surface area contributed by atoms with Crippen LogP contribution in [0.5, 0.6) is 5.75 Å². The topological polar surface area (TPSA) is 26.3 Å². The van der Waals surface area contributed by atoms with Crippen LogP contribution in [0.15, 0.2) is 24.3 Å². The van der Waals surface area contributed by atoms with Gasteiger partial charge in [0.1, 0.15) is 5.75 Å². The van der Waals surface area contributed by atoms with E-state index in [1.807, 2.05) is 6.07 Å². The lowest BCUT2D eigenvalue weighted by atomic mass is 9.56. The third-order valence-corrected chi connectivity index (χ3v) is 6.15. The minimum absolute atomic E-state index is 0.241. The quantitative estimate of drug-likeness (QED) is 0.565. The number of ether oxygens (including phenoxy) is 1. The Morgan fingerprint density at radius 1 is 1.36 bits per heavy atom. The first-order chi connectivity index (χ1) is 10.6. The van der Waals surface area contributed by atoms with E-state index < -0.39 is 0 Å². The van der Waals surface area contributed by atoms with Crippen LogP contribution in [0.2, 0.25) is 0 Å². The van der Waals surface area contributed by atoms with Gasteiger partial charge in [0.2, 0.25) is 0 Å². The SMILES string of the molecule is CC(=O)Oc1ccc2c(c1)CC[C@@H]1[C@@H]2CC[C@]2(C)[C]=CC[C@@H]12. The van der Waals surface area contributed by atoms with E-state index in [-0.39, 0.29) is 5.97 Å². The number of allylic oxidation sites excluding steroid dienone is 2. The Labute approximate surface area is 132 Å². The average Bonchev–Trinajstić information content (AvgIpc) is 2.88. The van der Waals surface area contributed by atoms with E-state index in [0.717, 1.165) is 18.3 Å². The normalized spacial score (nSPS) is 35.5. The van der Waals surface area contributed by atoms with E-state index in [1.54, 1.807) is 0 Å². The maximum Gasteiger partial charge on any atom is 0.308 e. The van der Waals surface area contributed by atoms with Crippen LogP contribution in [0, 0.1) is 23.3 Å². The molecule has 0 aromatic heterocycles. The summed E-state index contributed by atoms with van der Waals surface area (Å²) >= 11 is 0. The maximum absolute atomic E-state index is 11.1. The lowest BCUT2D eigenvalue weighted by Crippen LogP contribution is -2.39. The Bertz CT molecular complexity index is 645. The van der Waals surface area contributed by atoms with E-state index in [1.165, 1.54) is 43.7 Å². The molecule has 3 aliphatic rings. The van der Waals surface area contributed by atoms with Crippen LogP contribution in [0.25, 0.3) is 0 Å². The van der Waals surface area contributed by atoms with Crippen molar-refractivity contribution in [2.45, 2.75) is 51.9 Å². The van der Waals surface area contributed by atoms with Gasteiger partial charge in [0, 0.05) is 6.92 Å². The number of aryl methyl sites for hydroxylation is 1. The summed E-state index contributed by atoms with van der Waals surface area (Å²) in [6, 6.07) is 6.26. The molecule has 3 aliphatic carbocycles. The summed E-state index contributed by atoms with van der Waals surface area (Å²) in [5, 5.41) is 0. The summed E-state index contributed by atoms with van der Waals surface area (Å²) in [5.74, 6) is 2.70. The number of hydrogen-bond acceptors (Lipinski definition) is 2. The molecule has 1 radical (unpaired) electrons. The van der Waals surface area contributed by atoms with E-state index >= 15 is 0 Å². The van der Waals surface area contributed by atoms with Crippen molar-refractivity contribution in [1.29, 1.82) is 0 Å². The van der Waals surface area contributed by atoms with E-state index in [0.29, 0.717) is 17.1 Å². The first-order valence-corrected chi connectivity index (χ1v) is 8.47. The van der Waals surface area contributed by atoms with Gasteiger partial charge < -0.3 is 4.74 Å². The highest BCUT2D eigenvalue weighted by atomic mass is 16.5. The average molecular weight is 295 g/mol. The highest BCUT2D eigenvalue weighted by Crippen LogP contribution is 2.58. The van der Waals surface area contributed by atoms with Crippen molar-refractivity contribution >= 4 is 5.97 Å². The predicted octanol–water partition coefficient (Wildman–Crippen LogP) is 4.44. The van der Waals surface area contributed by atoms with E-state index in [9.17, 15) is 4.79 Å². The first-order valence-electron chi connectivity index (χ1n) is 8.47. The molecule has 0 saturated heterocycles. The molecule has 0 bridgehead atoms. The van der Waals surface area contributed by atoms with E-state index in [2.05, 4.69) is 31.2 Å². The van der Waals surface area contributed by atoms with Gasteiger partial charge in [-0.3, -0.25) is 4.79 Å². The van der Waals surface area contributed by atoms with Gasteiger partial charge >= 0.3 is 5.97 Å². The number of esters is 1. The number of fused-ring (bicyclic) bond motifs is 5. The molecule has 1 fully saturated rings. The summed E-state index contributed by atoms with van der Waals surface area (Å²) < 4.78 is 5.25. The van der Waals surface area contributed by atoms with Gasteiger partial charge in [0.15, 0.2) is 0 Å². The lowest BCUT2D eigenvalue weighted by Gasteiger charge is -2.48. The molecule has 0 aliphatic heterocycles. The first kappa shape index (κ1) is 14.0. The second kappa shape index (κ2) is 4.97. The Balaban J connectivity index is 1.64. The van der Waals surface area contributed by atoms with Crippen molar-refractivity contribution in [3.05, 3.63) is 41.5 Å². The Kier molecular flexibility index (Phi) is 3.18. The molecule has 4 rings (SSSR count). The van der Waals surface area contributed by atoms with Crippen molar-refractivity contribution in [1.82, 2.24) is 0 Å².